The lowest BCUT2D eigenvalue weighted by atomic mass is 9.84. The van der Waals surface area contributed by atoms with Crippen molar-refractivity contribution >= 4 is 0 Å². The Morgan fingerprint density at radius 2 is 1.47 bits per heavy atom. The van der Waals surface area contributed by atoms with Crippen LogP contribution in [-0.2, 0) is 0 Å². The summed E-state index contributed by atoms with van der Waals surface area (Å²) >= 11 is 0. The van der Waals surface area contributed by atoms with Crippen LogP contribution in [0.3, 0.4) is 0 Å². The van der Waals surface area contributed by atoms with Crippen LogP contribution in [0, 0.1) is 16.7 Å². The highest BCUT2D eigenvalue weighted by atomic mass is 14.9. The van der Waals surface area contributed by atoms with Crippen molar-refractivity contribution in [2.24, 2.45) is 16.7 Å². The number of unbranched alkanes of at least 4 members (excludes halogenated alkanes) is 1. The highest BCUT2D eigenvalue weighted by molar-refractivity contribution is 4.67. The third-order valence-corrected chi connectivity index (χ3v) is 3.75. The molecule has 0 aromatic heterocycles. The molecule has 0 aromatic carbocycles. The van der Waals surface area contributed by atoms with Gasteiger partial charge in [-0.05, 0) is 49.1 Å². The SMILES string of the molecule is CC[C@H](CCCCNCC(C)(C)C)CCC(C)(C)C. The lowest BCUT2D eigenvalue weighted by Crippen LogP contribution is -2.27. The first kappa shape index (κ1) is 19.0. The molecular weight excluding hydrogens is 230 g/mol. The van der Waals surface area contributed by atoms with E-state index in [9.17, 15) is 0 Å². The molecule has 0 aliphatic heterocycles. The zero-order valence-corrected chi connectivity index (χ0v) is 14.7. The fourth-order valence-electron chi connectivity index (χ4n) is 2.34. The molecule has 0 aliphatic rings. The van der Waals surface area contributed by atoms with Gasteiger partial charge in [-0.1, -0.05) is 67.7 Å². The molecule has 0 fully saturated rings. The molecule has 1 nitrogen and oxygen atoms in total. The minimum Gasteiger partial charge on any atom is -0.316 e. The van der Waals surface area contributed by atoms with Crippen LogP contribution in [-0.4, -0.2) is 13.1 Å². The van der Waals surface area contributed by atoms with Crippen molar-refractivity contribution in [3.63, 3.8) is 0 Å². The van der Waals surface area contributed by atoms with Gasteiger partial charge in [0, 0.05) is 0 Å². The van der Waals surface area contributed by atoms with E-state index in [4.69, 9.17) is 0 Å². The monoisotopic (exact) mass is 269 g/mol. The van der Waals surface area contributed by atoms with Crippen LogP contribution in [0.1, 0.15) is 87.0 Å². The van der Waals surface area contributed by atoms with Crippen LogP contribution in [0.2, 0.25) is 0 Å². The van der Waals surface area contributed by atoms with Crippen LogP contribution in [0.4, 0.5) is 0 Å². The maximum absolute atomic E-state index is 3.57. The molecule has 0 heterocycles. The second kappa shape index (κ2) is 9.00. The van der Waals surface area contributed by atoms with E-state index in [1.165, 1.54) is 45.1 Å². The van der Waals surface area contributed by atoms with Crippen molar-refractivity contribution in [2.45, 2.75) is 87.0 Å². The third-order valence-electron chi connectivity index (χ3n) is 3.75. The van der Waals surface area contributed by atoms with E-state index in [1.807, 2.05) is 0 Å². The van der Waals surface area contributed by atoms with Crippen LogP contribution in [0.5, 0.6) is 0 Å². The van der Waals surface area contributed by atoms with E-state index >= 15 is 0 Å². The highest BCUT2D eigenvalue weighted by Gasteiger charge is 2.14. The maximum atomic E-state index is 3.57. The van der Waals surface area contributed by atoms with Crippen LogP contribution >= 0.6 is 0 Å². The van der Waals surface area contributed by atoms with E-state index in [-0.39, 0.29) is 0 Å². The molecule has 1 heteroatoms. The van der Waals surface area contributed by atoms with Gasteiger partial charge in [0.15, 0.2) is 0 Å². The van der Waals surface area contributed by atoms with Crippen LogP contribution in [0.25, 0.3) is 0 Å². The zero-order chi connectivity index (χ0) is 14.9. The average molecular weight is 270 g/mol. The standard InChI is InChI=1S/C18H39N/c1-8-16(12-13-17(2,3)4)11-9-10-14-19-15-18(5,6)7/h16,19H,8-15H2,1-7H3/t16-/m1/s1. The first-order chi connectivity index (χ1) is 8.64. The van der Waals surface area contributed by atoms with Crippen molar-refractivity contribution in [2.75, 3.05) is 13.1 Å². The molecule has 0 aliphatic carbocycles. The van der Waals surface area contributed by atoms with Gasteiger partial charge in [-0.2, -0.15) is 0 Å². The normalized spacial score (nSPS) is 14.7. The predicted octanol–water partition coefficient (Wildman–Crippen LogP) is 5.64. The Labute approximate surface area is 122 Å². The summed E-state index contributed by atoms with van der Waals surface area (Å²) in [5, 5.41) is 3.57. The number of rotatable bonds is 9. The number of hydrogen-bond acceptors (Lipinski definition) is 1. The molecule has 0 radical (unpaired) electrons. The molecule has 1 atom stereocenters. The van der Waals surface area contributed by atoms with Gasteiger partial charge in [0.25, 0.3) is 0 Å². The van der Waals surface area contributed by atoms with Gasteiger partial charge in [0.2, 0.25) is 0 Å². The van der Waals surface area contributed by atoms with Crippen molar-refractivity contribution < 1.29 is 0 Å². The van der Waals surface area contributed by atoms with Gasteiger partial charge in [-0.15, -0.1) is 0 Å². The lowest BCUT2D eigenvalue weighted by molar-refractivity contribution is 0.303. The Balaban J connectivity index is 3.57. The molecule has 19 heavy (non-hydrogen) atoms. The smallest absolute Gasteiger partial charge is 0.0000126 e. The minimum absolute atomic E-state index is 0.415. The van der Waals surface area contributed by atoms with Crippen molar-refractivity contribution in [1.29, 1.82) is 0 Å². The zero-order valence-electron chi connectivity index (χ0n) is 14.7. The minimum atomic E-state index is 0.415. The maximum Gasteiger partial charge on any atom is -0.0000126 e. The summed E-state index contributed by atoms with van der Waals surface area (Å²) in [5.41, 5.74) is 0.917. The highest BCUT2D eigenvalue weighted by Crippen LogP contribution is 2.27. The summed E-state index contributed by atoms with van der Waals surface area (Å²) in [6.07, 6.45) is 8.28. The first-order valence-electron chi connectivity index (χ1n) is 8.35. The van der Waals surface area contributed by atoms with Gasteiger partial charge in [0.05, 0.1) is 0 Å². The predicted molar refractivity (Wildman–Crippen MR) is 88.6 cm³/mol. The van der Waals surface area contributed by atoms with E-state index < -0.39 is 0 Å². The number of hydrogen-bond donors (Lipinski definition) is 1. The summed E-state index contributed by atoms with van der Waals surface area (Å²) < 4.78 is 0. The van der Waals surface area contributed by atoms with E-state index in [0.717, 1.165) is 12.5 Å². The summed E-state index contributed by atoms with van der Waals surface area (Å²) in [7, 11) is 0. The Kier molecular flexibility index (Phi) is 8.98. The molecule has 0 saturated heterocycles. The Morgan fingerprint density at radius 1 is 0.842 bits per heavy atom. The molecule has 0 aromatic rings. The quantitative estimate of drug-likeness (QED) is 0.534. The van der Waals surface area contributed by atoms with Gasteiger partial charge in [-0.25, -0.2) is 0 Å². The molecule has 0 rings (SSSR count). The summed E-state index contributed by atoms with van der Waals surface area (Å²) in [6.45, 7) is 18.6. The molecule has 0 spiro atoms. The Bertz CT molecular complexity index is 207. The molecule has 116 valence electrons. The van der Waals surface area contributed by atoms with Crippen molar-refractivity contribution in [3.05, 3.63) is 0 Å². The molecule has 0 amide bonds. The largest absolute Gasteiger partial charge is 0.316 e. The van der Waals surface area contributed by atoms with Gasteiger partial charge in [0.1, 0.15) is 0 Å². The Hall–Kier alpha value is -0.0400. The second-order valence-electron chi connectivity index (χ2n) is 8.61. The molecule has 0 bridgehead atoms. The number of nitrogens with one attached hydrogen (secondary N) is 1. The van der Waals surface area contributed by atoms with E-state index in [1.54, 1.807) is 0 Å². The topological polar surface area (TPSA) is 12.0 Å². The van der Waals surface area contributed by atoms with Crippen molar-refractivity contribution in [3.8, 4) is 0 Å². The van der Waals surface area contributed by atoms with Gasteiger partial charge in [-0.3, -0.25) is 0 Å². The fourth-order valence-corrected chi connectivity index (χ4v) is 2.34. The fraction of sp³-hybridized carbons (Fsp3) is 1.00. The lowest BCUT2D eigenvalue weighted by Gasteiger charge is -2.22. The molecular formula is C18H39N. The van der Waals surface area contributed by atoms with E-state index in [2.05, 4.69) is 53.8 Å². The van der Waals surface area contributed by atoms with Gasteiger partial charge >= 0.3 is 0 Å². The molecule has 0 unspecified atom stereocenters. The van der Waals surface area contributed by atoms with Crippen LogP contribution in [0.15, 0.2) is 0 Å². The first-order valence-corrected chi connectivity index (χ1v) is 8.35. The molecule has 1 N–H and O–H groups in total. The summed E-state index contributed by atoms with van der Waals surface area (Å²) in [6, 6.07) is 0. The summed E-state index contributed by atoms with van der Waals surface area (Å²) in [5.74, 6) is 0.946. The molecule has 0 saturated carbocycles. The third kappa shape index (κ3) is 14.2. The Morgan fingerprint density at radius 3 is 1.95 bits per heavy atom. The van der Waals surface area contributed by atoms with Gasteiger partial charge < -0.3 is 5.32 Å². The average Bonchev–Trinajstić information content (AvgIpc) is 2.24. The summed E-state index contributed by atoms with van der Waals surface area (Å²) in [4.78, 5) is 0. The van der Waals surface area contributed by atoms with Crippen molar-refractivity contribution in [1.82, 2.24) is 5.32 Å². The second-order valence-corrected chi connectivity index (χ2v) is 8.61. The van der Waals surface area contributed by atoms with Crippen LogP contribution < -0.4 is 5.32 Å². The van der Waals surface area contributed by atoms with E-state index in [0.29, 0.717) is 10.8 Å².